The third-order valence-electron chi connectivity index (χ3n) is 2.04. The van der Waals surface area contributed by atoms with E-state index in [9.17, 15) is 0 Å². The summed E-state index contributed by atoms with van der Waals surface area (Å²) in [5.41, 5.74) is 0. The number of hydrogen-bond donors (Lipinski definition) is 0. The Bertz CT molecular complexity index is 143. The highest BCUT2D eigenvalue weighted by molar-refractivity contribution is 4.99. The van der Waals surface area contributed by atoms with Crippen molar-refractivity contribution < 1.29 is 0 Å². The average molecular weight is 121 g/mol. The van der Waals surface area contributed by atoms with Crippen LogP contribution in [0.5, 0.6) is 0 Å². The first-order valence-electron chi connectivity index (χ1n) is 3.40. The number of nitrogens with zero attached hydrogens (tertiary/aromatic N) is 1. The van der Waals surface area contributed by atoms with Crippen LogP contribution < -0.4 is 0 Å². The van der Waals surface area contributed by atoms with E-state index in [4.69, 9.17) is 5.26 Å². The lowest BCUT2D eigenvalue weighted by Crippen LogP contribution is -2.00. The van der Waals surface area contributed by atoms with Crippen molar-refractivity contribution in [3.8, 4) is 6.07 Å². The van der Waals surface area contributed by atoms with E-state index in [0.29, 0.717) is 5.92 Å². The van der Waals surface area contributed by atoms with Crippen molar-refractivity contribution in [1.82, 2.24) is 0 Å². The molecule has 2 atom stereocenters. The summed E-state index contributed by atoms with van der Waals surface area (Å²) in [6, 6.07) is 2.29. The van der Waals surface area contributed by atoms with Crippen LogP contribution in [-0.2, 0) is 0 Å². The minimum absolute atomic E-state index is 0.266. The SMILES string of the molecule is C=CC1CCCC1C#N. The van der Waals surface area contributed by atoms with Gasteiger partial charge in [0.1, 0.15) is 0 Å². The molecule has 0 saturated heterocycles. The number of allylic oxidation sites excluding steroid dienone is 1. The Kier molecular flexibility index (Phi) is 1.89. The Hall–Kier alpha value is -0.770. The van der Waals surface area contributed by atoms with E-state index in [2.05, 4.69) is 12.6 Å². The largest absolute Gasteiger partial charge is 0.198 e. The molecule has 0 aromatic carbocycles. The van der Waals surface area contributed by atoms with Gasteiger partial charge in [0, 0.05) is 0 Å². The topological polar surface area (TPSA) is 23.8 Å². The quantitative estimate of drug-likeness (QED) is 0.487. The Morgan fingerprint density at radius 3 is 2.78 bits per heavy atom. The normalized spacial score (nSPS) is 33.7. The minimum Gasteiger partial charge on any atom is -0.198 e. The molecule has 0 aromatic heterocycles. The molecule has 1 aliphatic rings. The van der Waals surface area contributed by atoms with Gasteiger partial charge in [0.05, 0.1) is 12.0 Å². The molecule has 0 radical (unpaired) electrons. The zero-order valence-electron chi connectivity index (χ0n) is 5.51. The summed E-state index contributed by atoms with van der Waals surface area (Å²) >= 11 is 0. The fourth-order valence-corrected chi connectivity index (χ4v) is 1.43. The standard InChI is InChI=1S/C8H11N/c1-2-7-4-3-5-8(7)6-9/h2,7-8H,1,3-5H2. The first-order valence-corrected chi connectivity index (χ1v) is 3.40. The zero-order valence-corrected chi connectivity index (χ0v) is 5.51. The lowest BCUT2D eigenvalue weighted by molar-refractivity contribution is 0.571. The molecule has 1 aliphatic carbocycles. The summed E-state index contributed by atoms with van der Waals surface area (Å²) in [6.45, 7) is 3.69. The van der Waals surface area contributed by atoms with E-state index in [1.54, 1.807) is 0 Å². The van der Waals surface area contributed by atoms with Crippen LogP contribution in [-0.4, -0.2) is 0 Å². The van der Waals surface area contributed by atoms with Crippen molar-refractivity contribution in [2.75, 3.05) is 0 Å². The van der Waals surface area contributed by atoms with Gasteiger partial charge in [-0.3, -0.25) is 0 Å². The van der Waals surface area contributed by atoms with Gasteiger partial charge in [-0.1, -0.05) is 12.5 Å². The summed E-state index contributed by atoms with van der Waals surface area (Å²) in [5, 5.41) is 8.57. The summed E-state index contributed by atoms with van der Waals surface area (Å²) in [6.07, 6.45) is 5.37. The van der Waals surface area contributed by atoms with Crippen LogP contribution >= 0.6 is 0 Å². The van der Waals surface area contributed by atoms with Gasteiger partial charge in [0.15, 0.2) is 0 Å². The molecule has 1 nitrogen and oxygen atoms in total. The van der Waals surface area contributed by atoms with Crippen molar-refractivity contribution in [3.05, 3.63) is 12.7 Å². The highest BCUT2D eigenvalue weighted by Crippen LogP contribution is 2.31. The molecule has 1 rings (SSSR count). The zero-order chi connectivity index (χ0) is 6.69. The molecule has 0 N–H and O–H groups in total. The van der Waals surface area contributed by atoms with E-state index in [0.717, 1.165) is 6.42 Å². The molecule has 0 heterocycles. The second-order valence-corrected chi connectivity index (χ2v) is 2.57. The van der Waals surface area contributed by atoms with Crippen LogP contribution in [0.2, 0.25) is 0 Å². The molecule has 48 valence electrons. The van der Waals surface area contributed by atoms with Crippen LogP contribution in [0.25, 0.3) is 0 Å². The first-order chi connectivity index (χ1) is 4.38. The maximum Gasteiger partial charge on any atom is 0.0661 e. The molecule has 0 aromatic rings. The summed E-state index contributed by atoms with van der Waals surface area (Å²) in [7, 11) is 0. The van der Waals surface area contributed by atoms with Gasteiger partial charge in [-0.05, 0) is 18.8 Å². The highest BCUT2D eigenvalue weighted by Gasteiger charge is 2.23. The van der Waals surface area contributed by atoms with E-state index in [1.165, 1.54) is 12.8 Å². The van der Waals surface area contributed by atoms with Crippen LogP contribution in [0.3, 0.4) is 0 Å². The van der Waals surface area contributed by atoms with Crippen LogP contribution in [0.4, 0.5) is 0 Å². The molecule has 0 amide bonds. The monoisotopic (exact) mass is 121 g/mol. The number of nitriles is 1. The Labute approximate surface area is 56.0 Å². The third-order valence-corrected chi connectivity index (χ3v) is 2.04. The van der Waals surface area contributed by atoms with Crippen LogP contribution in [0.1, 0.15) is 19.3 Å². The van der Waals surface area contributed by atoms with Crippen molar-refractivity contribution in [2.24, 2.45) is 11.8 Å². The maximum atomic E-state index is 8.57. The third kappa shape index (κ3) is 1.13. The van der Waals surface area contributed by atoms with Gasteiger partial charge in [0.2, 0.25) is 0 Å². The van der Waals surface area contributed by atoms with Crippen LogP contribution in [0, 0.1) is 23.2 Å². The predicted molar refractivity (Wildman–Crippen MR) is 36.6 cm³/mol. The van der Waals surface area contributed by atoms with Crippen molar-refractivity contribution in [3.63, 3.8) is 0 Å². The van der Waals surface area contributed by atoms with E-state index in [-0.39, 0.29) is 5.92 Å². The smallest absolute Gasteiger partial charge is 0.0661 e. The summed E-state index contributed by atoms with van der Waals surface area (Å²) in [5.74, 6) is 0.748. The number of rotatable bonds is 1. The maximum absolute atomic E-state index is 8.57. The fraction of sp³-hybridized carbons (Fsp3) is 0.625. The molecule has 0 spiro atoms. The molecule has 1 saturated carbocycles. The molecular weight excluding hydrogens is 110 g/mol. The minimum atomic E-state index is 0.266. The lowest BCUT2D eigenvalue weighted by atomic mass is 9.98. The highest BCUT2D eigenvalue weighted by atomic mass is 14.3. The van der Waals surface area contributed by atoms with Crippen LogP contribution in [0.15, 0.2) is 12.7 Å². The van der Waals surface area contributed by atoms with Gasteiger partial charge in [0.25, 0.3) is 0 Å². The Morgan fingerprint density at radius 2 is 2.33 bits per heavy atom. The lowest BCUT2D eigenvalue weighted by Gasteiger charge is -2.04. The van der Waals surface area contributed by atoms with Crippen molar-refractivity contribution in [1.29, 1.82) is 5.26 Å². The van der Waals surface area contributed by atoms with Gasteiger partial charge in [-0.2, -0.15) is 5.26 Å². The molecule has 0 bridgehead atoms. The Balaban J connectivity index is 2.53. The molecule has 9 heavy (non-hydrogen) atoms. The molecule has 0 aliphatic heterocycles. The second kappa shape index (κ2) is 2.68. The predicted octanol–water partition coefficient (Wildman–Crippen LogP) is 2.11. The molecular formula is C8H11N. The van der Waals surface area contributed by atoms with E-state index in [1.807, 2.05) is 6.08 Å². The number of hydrogen-bond acceptors (Lipinski definition) is 1. The average Bonchev–Trinajstić information content (AvgIpc) is 2.33. The first kappa shape index (κ1) is 6.35. The molecule has 1 fully saturated rings. The summed E-state index contributed by atoms with van der Waals surface area (Å²) < 4.78 is 0. The van der Waals surface area contributed by atoms with E-state index < -0.39 is 0 Å². The van der Waals surface area contributed by atoms with Gasteiger partial charge in [-0.25, -0.2) is 0 Å². The summed E-state index contributed by atoms with van der Waals surface area (Å²) in [4.78, 5) is 0. The van der Waals surface area contributed by atoms with Gasteiger partial charge < -0.3 is 0 Å². The van der Waals surface area contributed by atoms with Gasteiger partial charge in [-0.15, -0.1) is 6.58 Å². The Morgan fingerprint density at radius 1 is 1.56 bits per heavy atom. The fourth-order valence-electron chi connectivity index (χ4n) is 1.43. The van der Waals surface area contributed by atoms with E-state index >= 15 is 0 Å². The molecule has 2 unspecified atom stereocenters. The molecule has 1 heteroatoms. The van der Waals surface area contributed by atoms with Gasteiger partial charge >= 0.3 is 0 Å². The van der Waals surface area contributed by atoms with Crippen molar-refractivity contribution >= 4 is 0 Å². The van der Waals surface area contributed by atoms with Crippen molar-refractivity contribution in [2.45, 2.75) is 19.3 Å². The second-order valence-electron chi connectivity index (χ2n) is 2.57.